The molecule has 5 rings (SSSR count). The van der Waals surface area contributed by atoms with Crippen molar-refractivity contribution >= 4 is 28.4 Å². The summed E-state index contributed by atoms with van der Waals surface area (Å²) in [6.45, 7) is 3.43. The number of hydrogen-bond donors (Lipinski definition) is 2. The zero-order valence-corrected chi connectivity index (χ0v) is 20.8. The summed E-state index contributed by atoms with van der Waals surface area (Å²) in [6, 6.07) is 12.3. The molecular weight excluding hydrogens is 527 g/mol. The van der Waals surface area contributed by atoms with Gasteiger partial charge in [-0.15, -0.1) is 13.2 Å². The van der Waals surface area contributed by atoms with Gasteiger partial charge in [-0.2, -0.15) is 0 Å². The van der Waals surface area contributed by atoms with Gasteiger partial charge in [0, 0.05) is 30.7 Å². The van der Waals surface area contributed by atoms with E-state index >= 15 is 0 Å². The van der Waals surface area contributed by atoms with Crippen LogP contribution in [0.5, 0.6) is 17.5 Å². The van der Waals surface area contributed by atoms with Gasteiger partial charge in [-0.25, -0.2) is 19.9 Å². The van der Waals surface area contributed by atoms with Gasteiger partial charge in [-0.1, -0.05) is 24.8 Å². The SMILES string of the molecule is C=CC(=O)Nc1ccc(-c2c(-c3ccc(Oc4ncccn4)c(OC(F)(F)F)c3)c3c(N)ncnc3n2C)cc1. The maximum absolute atomic E-state index is 13.4. The third kappa shape index (κ3) is 5.25. The number of nitrogens with two attached hydrogens (primary N) is 1. The normalized spacial score (nSPS) is 11.3. The van der Waals surface area contributed by atoms with Gasteiger partial charge in [0.25, 0.3) is 0 Å². The molecule has 2 aromatic carbocycles. The van der Waals surface area contributed by atoms with Crippen molar-refractivity contribution in [3.8, 4) is 39.9 Å². The van der Waals surface area contributed by atoms with E-state index in [1.165, 1.54) is 36.9 Å². The number of aryl methyl sites for hydroxylation is 1. The van der Waals surface area contributed by atoms with Gasteiger partial charge in [-0.3, -0.25) is 4.79 Å². The molecule has 0 atom stereocenters. The molecule has 0 aliphatic rings. The molecule has 40 heavy (non-hydrogen) atoms. The van der Waals surface area contributed by atoms with Crippen LogP contribution in [0.3, 0.4) is 0 Å². The number of carbonyl (C=O) groups is 1. The first kappa shape index (κ1) is 26.2. The number of rotatable bonds is 7. The summed E-state index contributed by atoms with van der Waals surface area (Å²) >= 11 is 0. The number of fused-ring (bicyclic) bond motifs is 1. The van der Waals surface area contributed by atoms with Gasteiger partial charge in [0.05, 0.1) is 11.1 Å². The molecule has 0 aliphatic heterocycles. The standard InChI is InChI=1S/C27H20F3N7O3/c1-3-20(38)36-17-8-5-15(6-9-17)23-21(22-24(31)34-14-35-25(22)37(23)2)16-7-10-18(19(13-16)40-27(28,29)30)39-26-32-11-4-12-33-26/h3-14H,1H2,2H3,(H,36,38)(H2,31,34,35). The number of benzene rings is 2. The number of ether oxygens (including phenoxy) is 2. The lowest BCUT2D eigenvalue weighted by atomic mass is 9.98. The summed E-state index contributed by atoms with van der Waals surface area (Å²) in [5.41, 5.74) is 9.28. The number of halogens is 3. The fraction of sp³-hybridized carbons (Fsp3) is 0.0741. The average Bonchev–Trinajstić information content (AvgIpc) is 3.23. The Morgan fingerprint density at radius 1 is 1.02 bits per heavy atom. The number of nitrogens with zero attached hydrogens (tertiary/aromatic N) is 5. The number of nitrogens with one attached hydrogen (secondary N) is 1. The second-order valence-electron chi connectivity index (χ2n) is 8.35. The minimum Gasteiger partial charge on any atom is -0.420 e. The van der Waals surface area contributed by atoms with E-state index in [1.807, 2.05) is 0 Å². The molecule has 202 valence electrons. The Kier molecular flexibility index (Phi) is 6.78. The summed E-state index contributed by atoms with van der Waals surface area (Å²) in [7, 11) is 1.75. The third-order valence-electron chi connectivity index (χ3n) is 5.81. The zero-order chi connectivity index (χ0) is 28.4. The first-order valence-electron chi connectivity index (χ1n) is 11.6. The van der Waals surface area contributed by atoms with Gasteiger partial charge in [0.2, 0.25) is 5.91 Å². The minimum atomic E-state index is -5.01. The number of anilines is 2. The molecule has 0 radical (unpaired) electrons. The summed E-state index contributed by atoms with van der Waals surface area (Å²) < 4.78 is 51.8. The van der Waals surface area contributed by atoms with Crippen molar-refractivity contribution in [3.63, 3.8) is 0 Å². The fourth-order valence-corrected chi connectivity index (χ4v) is 4.19. The molecule has 0 bridgehead atoms. The van der Waals surface area contributed by atoms with E-state index in [1.54, 1.807) is 41.9 Å². The lowest BCUT2D eigenvalue weighted by molar-refractivity contribution is -0.275. The van der Waals surface area contributed by atoms with Crippen LogP contribution < -0.4 is 20.5 Å². The van der Waals surface area contributed by atoms with Crippen LogP contribution in [0.25, 0.3) is 33.4 Å². The molecule has 0 saturated heterocycles. The Bertz CT molecular complexity index is 1720. The molecule has 10 nitrogen and oxygen atoms in total. The summed E-state index contributed by atoms with van der Waals surface area (Å²) in [4.78, 5) is 27.9. The average molecular weight is 547 g/mol. The highest BCUT2D eigenvalue weighted by Crippen LogP contribution is 2.45. The molecule has 1 amide bonds. The van der Waals surface area contributed by atoms with Crippen LogP contribution in [0.2, 0.25) is 0 Å². The molecule has 0 aliphatic carbocycles. The van der Waals surface area contributed by atoms with E-state index in [2.05, 4.69) is 36.6 Å². The number of hydrogen-bond acceptors (Lipinski definition) is 8. The van der Waals surface area contributed by atoms with E-state index in [0.717, 1.165) is 6.08 Å². The lowest BCUT2D eigenvalue weighted by Gasteiger charge is -2.15. The van der Waals surface area contributed by atoms with Crippen molar-refractivity contribution in [2.24, 2.45) is 7.05 Å². The van der Waals surface area contributed by atoms with E-state index in [-0.39, 0.29) is 23.5 Å². The van der Waals surface area contributed by atoms with Crippen molar-refractivity contribution in [2.75, 3.05) is 11.1 Å². The van der Waals surface area contributed by atoms with Crippen molar-refractivity contribution in [2.45, 2.75) is 6.36 Å². The molecule has 5 aromatic rings. The minimum absolute atomic E-state index is 0.132. The van der Waals surface area contributed by atoms with Crippen LogP contribution in [0.4, 0.5) is 24.7 Å². The highest BCUT2D eigenvalue weighted by atomic mass is 19.4. The van der Waals surface area contributed by atoms with Gasteiger partial charge in [0.15, 0.2) is 11.5 Å². The van der Waals surface area contributed by atoms with Crippen LogP contribution in [-0.2, 0) is 11.8 Å². The second kappa shape index (κ2) is 10.4. The highest BCUT2D eigenvalue weighted by Gasteiger charge is 2.33. The molecule has 0 fully saturated rings. The Hall–Kier alpha value is -5.46. The van der Waals surface area contributed by atoms with Gasteiger partial charge in [0.1, 0.15) is 17.8 Å². The molecular formula is C27H20F3N7O3. The van der Waals surface area contributed by atoms with Gasteiger partial charge < -0.3 is 25.1 Å². The van der Waals surface area contributed by atoms with Gasteiger partial charge in [-0.05, 0) is 47.5 Å². The molecule has 3 heterocycles. The first-order chi connectivity index (χ1) is 19.1. The first-order valence-corrected chi connectivity index (χ1v) is 11.6. The highest BCUT2D eigenvalue weighted by molar-refractivity contribution is 6.08. The maximum atomic E-state index is 13.4. The number of alkyl halides is 3. The Labute approximate surface area is 224 Å². The van der Waals surface area contributed by atoms with E-state index < -0.39 is 12.1 Å². The van der Waals surface area contributed by atoms with Crippen molar-refractivity contribution < 1.29 is 27.4 Å². The third-order valence-corrected chi connectivity index (χ3v) is 5.81. The molecule has 3 aromatic heterocycles. The maximum Gasteiger partial charge on any atom is 0.573 e. The Morgan fingerprint density at radius 3 is 2.40 bits per heavy atom. The topological polar surface area (TPSA) is 130 Å². The summed E-state index contributed by atoms with van der Waals surface area (Å²) in [5.74, 6) is -1.10. The predicted octanol–water partition coefficient (Wildman–Crippen LogP) is 5.49. The second-order valence-corrected chi connectivity index (χ2v) is 8.35. The molecule has 0 spiro atoms. The lowest BCUT2D eigenvalue weighted by Crippen LogP contribution is -2.17. The fourth-order valence-electron chi connectivity index (χ4n) is 4.19. The van der Waals surface area contributed by atoms with Gasteiger partial charge >= 0.3 is 12.4 Å². The van der Waals surface area contributed by atoms with Crippen molar-refractivity contribution in [1.29, 1.82) is 0 Å². The Balaban J connectivity index is 1.69. The molecule has 3 N–H and O–H groups in total. The predicted molar refractivity (Wildman–Crippen MR) is 141 cm³/mol. The van der Waals surface area contributed by atoms with Crippen LogP contribution in [0.15, 0.2) is 79.9 Å². The van der Waals surface area contributed by atoms with E-state index in [0.29, 0.717) is 39.1 Å². The number of amides is 1. The Morgan fingerprint density at radius 2 is 1.73 bits per heavy atom. The quantitative estimate of drug-likeness (QED) is 0.256. The van der Waals surface area contributed by atoms with E-state index in [4.69, 9.17) is 10.5 Å². The largest absolute Gasteiger partial charge is 0.573 e. The number of aromatic nitrogens is 5. The van der Waals surface area contributed by atoms with Crippen LogP contribution in [-0.4, -0.2) is 36.8 Å². The van der Waals surface area contributed by atoms with Crippen LogP contribution in [0.1, 0.15) is 0 Å². The summed E-state index contributed by atoms with van der Waals surface area (Å²) in [5, 5.41) is 3.10. The smallest absolute Gasteiger partial charge is 0.420 e. The zero-order valence-electron chi connectivity index (χ0n) is 20.8. The van der Waals surface area contributed by atoms with Crippen molar-refractivity contribution in [3.05, 3.63) is 79.9 Å². The van der Waals surface area contributed by atoms with Crippen LogP contribution in [0, 0.1) is 0 Å². The number of carbonyl (C=O) groups excluding carboxylic acids is 1. The number of nitrogen functional groups attached to an aromatic ring is 1. The van der Waals surface area contributed by atoms with Crippen LogP contribution >= 0.6 is 0 Å². The summed E-state index contributed by atoms with van der Waals surface area (Å²) in [6.07, 6.45) is 0.216. The molecule has 13 heteroatoms. The molecule has 0 unspecified atom stereocenters. The molecule has 0 saturated carbocycles. The monoisotopic (exact) mass is 547 g/mol. The van der Waals surface area contributed by atoms with E-state index in [9.17, 15) is 18.0 Å². The van der Waals surface area contributed by atoms with Crippen molar-refractivity contribution in [1.82, 2.24) is 24.5 Å².